The van der Waals surface area contributed by atoms with Crippen LogP contribution < -0.4 is 9.91 Å². The Labute approximate surface area is 198 Å². The minimum atomic E-state index is -0.755. The van der Waals surface area contributed by atoms with Crippen molar-refractivity contribution >= 4 is 40.6 Å². The third-order valence-electron chi connectivity index (χ3n) is 7.07. The number of fused-ring (bicyclic) bond motifs is 4. The van der Waals surface area contributed by atoms with E-state index in [9.17, 15) is 9.59 Å². The van der Waals surface area contributed by atoms with Crippen molar-refractivity contribution in [1.29, 1.82) is 0 Å². The predicted octanol–water partition coefficient (Wildman–Crippen LogP) is 3.60. The van der Waals surface area contributed by atoms with Crippen LogP contribution >= 0.6 is 11.6 Å². The Hall–Kier alpha value is -2.90. The number of hydrogen-bond donors (Lipinski definition) is 0. The van der Waals surface area contributed by atoms with Gasteiger partial charge in [0.15, 0.2) is 0 Å². The number of anilines is 2. The highest BCUT2D eigenvalue weighted by Crippen LogP contribution is 2.48. The van der Waals surface area contributed by atoms with Crippen LogP contribution in [0, 0.1) is 5.41 Å². The maximum Gasteiger partial charge on any atom is 0.338 e. The first-order valence-electron chi connectivity index (χ1n) is 11.3. The van der Waals surface area contributed by atoms with Gasteiger partial charge < -0.3 is 14.5 Å². The van der Waals surface area contributed by atoms with E-state index < -0.39 is 5.41 Å². The zero-order valence-electron chi connectivity index (χ0n) is 19.0. The molecule has 0 unspecified atom stereocenters. The molecule has 2 aromatic rings. The second-order valence-corrected chi connectivity index (χ2v) is 9.40. The molecule has 8 heteroatoms. The van der Waals surface area contributed by atoms with E-state index in [0.29, 0.717) is 29.3 Å². The summed E-state index contributed by atoms with van der Waals surface area (Å²) in [7, 11) is 2.09. The normalized spacial score (nSPS) is 24.5. The number of esters is 1. The van der Waals surface area contributed by atoms with Gasteiger partial charge in [-0.3, -0.25) is 4.79 Å². The summed E-state index contributed by atoms with van der Waals surface area (Å²) >= 11 is 6.33. The molecule has 0 saturated carbocycles. The second kappa shape index (κ2) is 8.15. The van der Waals surface area contributed by atoms with Gasteiger partial charge in [-0.05, 0) is 69.3 Å². The Kier molecular flexibility index (Phi) is 5.41. The molecule has 2 aromatic carbocycles. The quantitative estimate of drug-likeness (QED) is 0.646. The van der Waals surface area contributed by atoms with Gasteiger partial charge in [0, 0.05) is 30.3 Å². The molecular weight excluding hydrogens is 440 g/mol. The van der Waals surface area contributed by atoms with E-state index in [1.54, 1.807) is 31.2 Å². The maximum absolute atomic E-state index is 14.1. The van der Waals surface area contributed by atoms with Crippen molar-refractivity contribution in [3.05, 3.63) is 58.6 Å². The fourth-order valence-corrected chi connectivity index (χ4v) is 5.51. The maximum atomic E-state index is 14.1. The number of amides is 1. The van der Waals surface area contributed by atoms with Crippen LogP contribution in [0.2, 0.25) is 5.02 Å². The van der Waals surface area contributed by atoms with E-state index in [2.05, 4.69) is 16.8 Å². The van der Waals surface area contributed by atoms with Gasteiger partial charge in [0.05, 0.1) is 29.6 Å². The number of hydrazone groups is 1. The Morgan fingerprint density at radius 3 is 2.70 bits per heavy atom. The number of halogens is 1. The van der Waals surface area contributed by atoms with Crippen LogP contribution in [0.1, 0.15) is 29.8 Å². The van der Waals surface area contributed by atoms with Gasteiger partial charge in [-0.2, -0.15) is 10.1 Å². The number of hydrogen-bond acceptors (Lipinski definition) is 6. The van der Waals surface area contributed by atoms with E-state index in [1.165, 1.54) is 5.01 Å². The molecule has 0 N–H and O–H groups in total. The first-order valence-corrected chi connectivity index (χ1v) is 11.6. The van der Waals surface area contributed by atoms with E-state index in [4.69, 9.17) is 21.4 Å². The van der Waals surface area contributed by atoms with Crippen LogP contribution in [0.15, 0.2) is 47.6 Å². The monoisotopic (exact) mass is 466 g/mol. The Morgan fingerprint density at radius 1 is 1.21 bits per heavy atom. The SMILES string of the molecule is CCOC(=O)c1ccc(N2N=C(C)[C@@]3(Cc4ccc(Cl)cc4N4CCN(C)C[C@H]43)C2=O)cc1. The minimum Gasteiger partial charge on any atom is -0.462 e. The molecule has 0 bridgehead atoms. The smallest absolute Gasteiger partial charge is 0.338 e. The summed E-state index contributed by atoms with van der Waals surface area (Å²) in [6.07, 6.45) is 0.583. The highest BCUT2D eigenvalue weighted by Gasteiger charge is 2.59. The highest BCUT2D eigenvalue weighted by atomic mass is 35.5. The fourth-order valence-electron chi connectivity index (χ4n) is 5.35. The largest absolute Gasteiger partial charge is 0.462 e. The van der Waals surface area contributed by atoms with Crippen molar-refractivity contribution in [3.63, 3.8) is 0 Å². The number of nitrogens with zero attached hydrogens (tertiary/aromatic N) is 4. The van der Waals surface area contributed by atoms with Gasteiger partial charge in [-0.1, -0.05) is 17.7 Å². The Morgan fingerprint density at radius 2 is 1.97 bits per heavy atom. The molecule has 1 saturated heterocycles. The molecule has 1 fully saturated rings. The molecule has 1 spiro atoms. The number of piperazine rings is 1. The van der Waals surface area contributed by atoms with Crippen LogP contribution in [0.3, 0.4) is 0 Å². The average molecular weight is 467 g/mol. The number of carbonyl (C=O) groups is 2. The van der Waals surface area contributed by atoms with Crippen molar-refractivity contribution in [2.45, 2.75) is 26.3 Å². The standard InChI is InChI=1S/C25H27ClN4O3/c1-4-33-23(31)17-6-9-20(10-7-17)30-24(32)25(16(2)27-30)14-18-5-8-19(26)13-21(18)29-12-11-28(3)15-22(25)29/h5-10,13,22H,4,11-12,14-15H2,1-3H3/t22-,25+/m0/s1. The molecule has 3 aliphatic heterocycles. The van der Waals surface area contributed by atoms with Crippen molar-refractivity contribution in [3.8, 4) is 0 Å². The van der Waals surface area contributed by atoms with Gasteiger partial charge >= 0.3 is 5.97 Å². The zero-order valence-corrected chi connectivity index (χ0v) is 19.8. The van der Waals surface area contributed by atoms with E-state index in [-0.39, 0.29) is 17.9 Å². The van der Waals surface area contributed by atoms with Crippen LogP contribution in [-0.4, -0.2) is 61.8 Å². The third kappa shape index (κ3) is 3.42. The molecule has 172 valence electrons. The van der Waals surface area contributed by atoms with Crippen LogP contribution in [0.25, 0.3) is 0 Å². The molecule has 2 atom stereocenters. The third-order valence-corrected chi connectivity index (χ3v) is 7.31. The first-order chi connectivity index (χ1) is 15.8. The fraction of sp³-hybridized carbons (Fsp3) is 0.400. The molecule has 7 nitrogen and oxygen atoms in total. The Bertz CT molecular complexity index is 1150. The van der Waals surface area contributed by atoms with E-state index in [0.717, 1.165) is 36.6 Å². The van der Waals surface area contributed by atoms with Crippen molar-refractivity contribution < 1.29 is 14.3 Å². The minimum absolute atomic E-state index is 0.0326. The number of rotatable bonds is 3. The van der Waals surface area contributed by atoms with Crippen LogP contribution in [0.4, 0.5) is 11.4 Å². The van der Waals surface area contributed by atoms with Gasteiger partial charge in [0.2, 0.25) is 0 Å². The molecule has 3 heterocycles. The topological polar surface area (TPSA) is 65.5 Å². The lowest BCUT2D eigenvalue weighted by molar-refractivity contribution is -0.125. The average Bonchev–Trinajstić information content (AvgIpc) is 3.05. The molecule has 3 aliphatic rings. The number of benzene rings is 2. The lowest BCUT2D eigenvalue weighted by Gasteiger charge is -2.52. The first kappa shape index (κ1) is 21.9. The number of ether oxygens (including phenoxy) is 1. The molecule has 33 heavy (non-hydrogen) atoms. The zero-order chi connectivity index (χ0) is 23.3. The van der Waals surface area contributed by atoms with E-state index >= 15 is 0 Å². The van der Waals surface area contributed by atoms with Gasteiger partial charge in [-0.15, -0.1) is 0 Å². The predicted molar refractivity (Wildman–Crippen MR) is 129 cm³/mol. The van der Waals surface area contributed by atoms with Gasteiger partial charge in [-0.25, -0.2) is 4.79 Å². The van der Waals surface area contributed by atoms with Gasteiger partial charge in [0.1, 0.15) is 5.41 Å². The summed E-state index contributed by atoms with van der Waals surface area (Å²) in [5, 5.41) is 6.95. The summed E-state index contributed by atoms with van der Waals surface area (Å²) < 4.78 is 5.07. The molecular formula is C25H27ClN4O3. The lowest BCUT2D eigenvalue weighted by atomic mass is 9.67. The van der Waals surface area contributed by atoms with Crippen LogP contribution in [0.5, 0.6) is 0 Å². The molecule has 0 aromatic heterocycles. The molecule has 1 amide bonds. The number of carbonyl (C=O) groups excluding carboxylic acids is 2. The van der Waals surface area contributed by atoms with Crippen molar-refractivity contribution in [1.82, 2.24) is 4.90 Å². The summed E-state index contributed by atoms with van der Waals surface area (Å²) in [5.74, 6) is -0.411. The summed E-state index contributed by atoms with van der Waals surface area (Å²) in [4.78, 5) is 30.7. The van der Waals surface area contributed by atoms with Crippen LogP contribution in [-0.2, 0) is 16.0 Å². The summed E-state index contributed by atoms with van der Waals surface area (Å²) in [5.41, 5.74) is 3.38. The second-order valence-electron chi connectivity index (χ2n) is 8.96. The van der Waals surface area contributed by atoms with E-state index in [1.807, 2.05) is 25.1 Å². The molecule has 0 radical (unpaired) electrons. The molecule has 0 aliphatic carbocycles. The summed E-state index contributed by atoms with van der Waals surface area (Å²) in [6.45, 7) is 6.55. The molecule has 5 rings (SSSR count). The lowest BCUT2D eigenvalue weighted by Crippen LogP contribution is -2.66. The highest BCUT2D eigenvalue weighted by molar-refractivity contribution is 6.31. The number of likely N-dealkylation sites (N-methyl/N-ethyl adjacent to an activating group) is 1. The van der Waals surface area contributed by atoms with Crippen molar-refractivity contribution in [2.24, 2.45) is 10.5 Å². The Balaban J connectivity index is 1.53. The van der Waals surface area contributed by atoms with Crippen molar-refractivity contribution in [2.75, 3.05) is 43.2 Å². The van der Waals surface area contributed by atoms with Gasteiger partial charge in [0.25, 0.3) is 5.91 Å². The summed E-state index contributed by atoms with van der Waals surface area (Å²) in [6, 6.07) is 12.8.